The van der Waals surface area contributed by atoms with Gasteiger partial charge >= 0.3 is 0 Å². The molecule has 100 valence electrons. The molecule has 5 heteroatoms. The fraction of sp³-hybridized carbons (Fsp3) is 0.0667. The summed E-state index contributed by atoms with van der Waals surface area (Å²) in [4.78, 5) is 0. The van der Waals surface area contributed by atoms with Crippen LogP contribution in [0, 0.1) is 0 Å². The molecule has 0 saturated heterocycles. The van der Waals surface area contributed by atoms with Gasteiger partial charge in [0.25, 0.3) is 0 Å². The van der Waals surface area contributed by atoms with E-state index in [0.29, 0.717) is 0 Å². The second kappa shape index (κ2) is 5.71. The molecular weight excluding hydrogens is 270 g/mol. The van der Waals surface area contributed by atoms with Crippen molar-refractivity contribution in [3.63, 3.8) is 0 Å². The van der Waals surface area contributed by atoms with Gasteiger partial charge in [-0.25, -0.2) is 0 Å². The van der Waals surface area contributed by atoms with Crippen molar-refractivity contribution in [1.29, 1.82) is 0 Å². The highest BCUT2D eigenvalue weighted by Crippen LogP contribution is 2.29. The van der Waals surface area contributed by atoms with Crippen molar-refractivity contribution in [2.75, 3.05) is 12.4 Å². The van der Waals surface area contributed by atoms with E-state index in [0.717, 1.165) is 27.1 Å². The van der Waals surface area contributed by atoms with Crippen LogP contribution in [0.5, 0.6) is 5.75 Å². The second-order valence-corrected chi connectivity index (χ2v) is 5.11. The number of nitrogens with zero attached hydrogens (tertiary/aromatic N) is 2. The standard InChI is InChI=1S/C15H13N3OS/c1-19-13-9-7-11(8-10-13)14-17-18-15(20-14)16-12-5-3-2-4-6-12/h2-10H,1H3,(H,16,18). The van der Waals surface area contributed by atoms with Crippen molar-refractivity contribution in [3.8, 4) is 16.3 Å². The van der Waals surface area contributed by atoms with E-state index in [4.69, 9.17) is 4.74 Å². The van der Waals surface area contributed by atoms with Gasteiger partial charge in [-0.1, -0.05) is 29.5 Å². The normalized spacial score (nSPS) is 10.2. The Kier molecular flexibility index (Phi) is 3.60. The van der Waals surface area contributed by atoms with Gasteiger partial charge in [0, 0.05) is 11.3 Å². The average molecular weight is 283 g/mol. The third-order valence-corrected chi connectivity index (χ3v) is 3.67. The molecule has 1 N–H and O–H groups in total. The van der Waals surface area contributed by atoms with E-state index in [1.54, 1.807) is 7.11 Å². The van der Waals surface area contributed by atoms with Crippen LogP contribution in [0.25, 0.3) is 10.6 Å². The van der Waals surface area contributed by atoms with Crippen molar-refractivity contribution in [3.05, 3.63) is 54.6 Å². The number of anilines is 2. The Bertz CT molecular complexity index is 680. The van der Waals surface area contributed by atoms with E-state index in [9.17, 15) is 0 Å². The first kappa shape index (κ1) is 12.6. The zero-order chi connectivity index (χ0) is 13.8. The Labute approximate surface area is 121 Å². The molecule has 0 spiro atoms. The van der Waals surface area contributed by atoms with Crippen LogP contribution in [-0.2, 0) is 0 Å². The topological polar surface area (TPSA) is 47.0 Å². The largest absolute Gasteiger partial charge is 0.497 e. The fourth-order valence-corrected chi connectivity index (χ4v) is 2.54. The molecule has 0 aliphatic rings. The van der Waals surface area contributed by atoms with Gasteiger partial charge in [-0.05, 0) is 36.4 Å². The number of hydrogen-bond acceptors (Lipinski definition) is 5. The van der Waals surface area contributed by atoms with Gasteiger partial charge in [0.15, 0.2) is 0 Å². The maximum Gasteiger partial charge on any atom is 0.210 e. The number of hydrogen-bond donors (Lipinski definition) is 1. The van der Waals surface area contributed by atoms with E-state index in [1.165, 1.54) is 11.3 Å². The van der Waals surface area contributed by atoms with E-state index in [2.05, 4.69) is 15.5 Å². The van der Waals surface area contributed by atoms with Crippen molar-refractivity contribution >= 4 is 22.2 Å². The Hall–Kier alpha value is -2.40. The number of rotatable bonds is 4. The number of para-hydroxylation sites is 1. The first-order chi connectivity index (χ1) is 9.85. The van der Waals surface area contributed by atoms with Gasteiger partial charge in [0.1, 0.15) is 10.8 Å². The molecule has 0 amide bonds. The first-order valence-electron chi connectivity index (χ1n) is 6.15. The number of methoxy groups -OCH3 is 1. The lowest BCUT2D eigenvalue weighted by molar-refractivity contribution is 0.415. The minimum atomic E-state index is 0.780. The predicted octanol–water partition coefficient (Wildman–Crippen LogP) is 3.96. The summed E-state index contributed by atoms with van der Waals surface area (Å²) in [5, 5.41) is 13.3. The van der Waals surface area contributed by atoms with Crippen molar-refractivity contribution in [2.45, 2.75) is 0 Å². The third-order valence-electron chi connectivity index (χ3n) is 2.79. The molecule has 0 aliphatic carbocycles. The van der Waals surface area contributed by atoms with Gasteiger partial charge in [0.05, 0.1) is 7.11 Å². The number of aromatic nitrogens is 2. The van der Waals surface area contributed by atoms with Crippen LogP contribution in [0.4, 0.5) is 10.8 Å². The monoisotopic (exact) mass is 283 g/mol. The maximum absolute atomic E-state index is 5.14. The highest BCUT2D eigenvalue weighted by Gasteiger charge is 2.06. The molecule has 0 bridgehead atoms. The molecule has 20 heavy (non-hydrogen) atoms. The summed E-state index contributed by atoms with van der Waals surface area (Å²) in [5.74, 6) is 0.834. The molecule has 3 rings (SSSR count). The Balaban J connectivity index is 1.79. The second-order valence-electron chi connectivity index (χ2n) is 4.13. The van der Waals surface area contributed by atoms with Crippen molar-refractivity contribution < 1.29 is 4.74 Å². The van der Waals surface area contributed by atoms with Crippen LogP contribution < -0.4 is 10.1 Å². The van der Waals surface area contributed by atoms with E-state index >= 15 is 0 Å². The highest BCUT2D eigenvalue weighted by atomic mass is 32.1. The van der Waals surface area contributed by atoms with E-state index < -0.39 is 0 Å². The Morgan fingerprint density at radius 1 is 0.950 bits per heavy atom. The quantitative estimate of drug-likeness (QED) is 0.787. The van der Waals surface area contributed by atoms with Crippen LogP contribution >= 0.6 is 11.3 Å². The minimum Gasteiger partial charge on any atom is -0.497 e. The molecule has 1 heterocycles. The Morgan fingerprint density at radius 3 is 2.40 bits per heavy atom. The average Bonchev–Trinajstić information content (AvgIpc) is 2.97. The van der Waals surface area contributed by atoms with Crippen molar-refractivity contribution in [2.24, 2.45) is 0 Å². The molecule has 0 radical (unpaired) electrons. The summed E-state index contributed by atoms with van der Waals surface area (Å²) in [6.07, 6.45) is 0. The molecule has 0 saturated carbocycles. The van der Waals surface area contributed by atoms with Crippen LogP contribution in [0.1, 0.15) is 0 Å². The lowest BCUT2D eigenvalue weighted by Gasteiger charge is -2.00. The summed E-state index contributed by atoms with van der Waals surface area (Å²) in [7, 11) is 1.65. The summed E-state index contributed by atoms with van der Waals surface area (Å²) in [6, 6.07) is 17.7. The van der Waals surface area contributed by atoms with Gasteiger partial charge < -0.3 is 10.1 Å². The van der Waals surface area contributed by atoms with Gasteiger partial charge in [-0.2, -0.15) is 0 Å². The molecule has 1 aromatic heterocycles. The van der Waals surface area contributed by atoms with E-state index in [-0.39, 0.29) is 0 Å². The van der Waals surface area contributed by atoms with Gasteiger partial charge in [-0.3, -0.25) is 0 Å². The fourth-order valence-electron chi connectivity index (χ4n) is 1.77. The molecular formula is C15H13N3OS. The molecule has 3 aromatic rings. The molecule has 0 aliphatic heterocycles. The molecule has 0 fully saturated rings. The smallest absolute Gasteiger partial charge is 0.210 e. The first-order valence-corrected chi connectivity index (χ1v) is 6.97. The van der Waals surface area contributed by atoms with Crippen LogP contribution in [0.15, 0.2) is 54.6 Å². The van der Waals surface area contributed by atoms with Gasteiger partial charge in [-0.15, -0.1) is 10.2 Å². The molecule has 0 unspecified atom stereocenters. The SMILES string of the molecule is COc1ccc(-c2nnc(Nc3ccccc3)s2)cc1. The maximum atomic E-state index is 5.14. The van der Waals surface area contributed by atoms with E-state index in [1.807, 2.05) is 54.6 Å². The molecule has 0 atom stereocenters. The number of ether oxygens (including phenoxy) is 1. The van der Waals surface area contributed by atoms with Crippen LogP contribution in [0.3, 0.4) is 0 Å². The summed E-state index contributed by atoms with van der Waals surface area (Å²) >= 11 is 1.52. The van der Waals surface area contributed by atoms with Crippen molar-refractivity contribution in [1.82, 2.24) is 10.2 Å². The molecule has 4 nitrogen and oxygen atoms in total. The summed E-state index contributed by atoms with van der Waals surface area (Å²) in [6.45, 7) is 0. The lowest BCUT2D eigenvalue weighted by atomic mass is 10.2. The van der Waals surface area contributed by atoms with Gasteiger partial charge in [0.2, 0.25) is 5.13 Å². The third kappa shape index (κ3) is 2.78. The summed E-state index contributed by atoms with van der Waals surface area (Å²) < 4.78 is 5.14. The minimum absolute atomic E-state index is 0.780. The van der Waals surface area contributed by atoms with Crippen LogP contribution in [0.2, 0.25) is 0 Å². The Morgan fingerprint density at radius 2 is 1.70 bits per heavy atom. The molecule has 2 aromatic carbocycles. The predicted molar refractivity (Wildman–Crippen MR) is 81.6 cm³/mol. The van der Waals surface area contributed by atoms with Crippen LogP contribution in [-0.4, -0.2) is 17.3 Å². The highest BCUT2D eigenvalue weighted by molar-refractivity contribution is 7.18. The lowest BCUT2D eigenvalue weighted by Crippen LogP contribution is -1.87. The number of benzene rings is 2. The summed E-state index contributed by atoms with van der Waals surface area (Å²) in [5.41, 5.74) is 2.04. The zero-order valence-electron chi connectivity index (χ0n) is 10.9. The number of nitrogens with one attached hydrogen (secondary N) is 1. The zero-order valence-corrected chi connectivity index (χ0v) is 11.7.